The van der Waals surface area contributed by atoms with Crippen LogP contribution < -0.4 is 5.32 Å². The molecule has 0 atom stereocenters. The van der Waals surface area contributed by atoms with Crippen LogP contribution in [0.3, 0.4) is 0 Å². The molecule has 2 aromatic heterocycles. The molecule has 0 aliphatic carbocycles. The number of rotatable bonds is 4. The number of carbonyl (C=O) groups excluding carboxylic acids is 1. The Hall–Kier alpha value is -3.15. The van der Waals surface area contributed by atoms with Crippen LogP contribution in [0.25, 0.3) is 10.9 Å². The normalized spacial score (nSPS) is 10.7. The van der Waals surface area contributed by atoms with E-state index in [0.717, 1.165) is 16.5 Å². The fourth-order valence-electron chi connectivity index (χ4n) is 2.50. The fraction of sp³-hybridized carbons (Fsp3) is 0.118. The van der Waals surface area contributed by atoms with E-state index in [2.05, 4.69) is 15.3 Å². The van der Waals surface area contributed by atoms with E-state index >= 15 is 0 Å². The smallest absolute Gasteiger partial charge is 0.352 e. The van der Waals surface area contributed by atoms with E-state index in [1.54, 1.807) is 18.3 Å². The molecule has 0 saturated carbocycles. The van der Waals surface area contributed by atoms with Crippen molar-refractivity contribution in [3.8, 4) is 0 Å². The summed E-state index contributed by atoms with van der Waals surface area (Å²) in [5.41, 5.74) is 2.85. The van der Waals surface area contributed by atoms with Crippen LogP contribution in [0.2, 0.25) is 0 Å². The number of carbonyl (C=O) groups is 2. The zero-order valence-corrected chi connectivity index (χ0v) is 12.5. The summed E-state index contributed by atoms with van der Waals surface area (Å²) in [6.45, 7) is 2.06. The van der Waals surface area contributed by atoms with Crippen LogP contribution in [-0.2, 0) is 6.54 Å². The molecule has 1 amide bonds. The zero-order valence-electron chi connectivity index (χ0n) is 12.5. The van der Waals surface area contributed by atoms with Gasteiger partial charge in [0.15, 0.2) is 0 Å². The molecule has 23 heavy (non-hydrogen) atoms. The summed E-state index contributed by atoms with van der Waals surface area (Å²) < 4.78 is 0. The Kier molecular flexibility index (Phi) is 3.80. The predicted octanol–water partition coefficient (Wildman–Crippen LogP) is 2.50. The molecule has 0 spiro atoms. The molecule has 0 aliphatic heterocycles. The highest BCUT2D eigenvalue weighted by Gasteiger charge is 2.18. The van der Waals surface area contributed by atoms with Gasteiger partial charge in [0.05, 0.1) is 5.56 Å². The van der Waals surface area contributed by atoms with E-state index < -0.39 is 5.97 Å². The lowest BCUT2D eigenvalue weighted by Crippen LogP contribution is -2.23. The molecule has 3 rings (SSSR count). The minimum atomic E-state index is -1.05. The maximum absolute atomic E-state index is 12.1. The van der Waals surface area contributed by atoms with Gasteiger partial charge in [0.1, 0.15) is 5.69 Å². The van der Waals surface area contributed by atoms with Crippen LogP contribution >= 0.6 is 0 Å². The number of aromatic amines is 1. The molecule has 0 aliphatic rings. The molecule has 0 unspecified atom stereocenters. The highest BCUT2D eigenvalue weighted by molar-refractivity contribution is 5.98. The first-order valence-corrected chi connectivity index (χ1v) is 7.09. The highest BCUT2D eigenvalue weighted by Crippen LogP contribution is 2.24. The third-order valence-corrected chi connectivity index (χ3v) is 3.62. The Bertz CT molecular complexity index is 885. The van der Waals surface area contributed by atoms with E-state index in [0.29, 0.717) is 11.1 Å². The summed E-state index contributed by atoms with van der Waals surface area (Å²) in [5, 5.41) is 12.9. The zero-order chi connectivity index (χ0) is 16.4. The quantitative estimate of drug-likeness (QED) is 0.690. The Balaban J connectivity index is 1.92. The van der Waals surface area contributed by atoms with Crippen molar-refractivity contribution < 1.29 is 14.7 Å². The van der Waals surface area contributed by atoms with Gasteiger partial charge in [0.2, 0.25) is 0 Å². The van der Waals surface area contributed by atoms with Gasteiger partial charge >= 0.3 is 5.97 Å². The number of aryl methyl sites for hydroxylation is 1. The molecule has 116 valence electrons. The van der Waals surface area contributed by atoms with Crippen molar-refractivity contribution in [1.82, 2.24) is 15.3 Å². The summed E-state index contributed by atoms with van der Waals surface area (Å²) in [4.78, 5) is 30.3. The van der Waals surface area contributed by atoms with Crippen LogP contribution in [0.15, 0.2) is 42.7 Å². The van der Waals surface area contributed by atoms with Gasteiger partial charge in [0.25, 0.3) is 5.91 Å². The minimum Gasteiger partial charge on any atom is -0.477 e. The maximum Gasteiger partial charge on any atom is 0.352 e. The van der Waals surface area contributed by atoms with Gasteiger partial charge in [0, 0.05) is 35.4 Å². The maximum atomic E-state index is 12.1. The van der Waals surface area contributed by atoms with Crippen LogP contribution in [0.4, 0.5) is 0 Å². The van der Waals surface area contributed by atoms with Crippen LogP contribution in [-0.4, -0.2) is 27.0 Å². The van der Waals surface area contributed by atoms with Crippen molar-refractivity contribution >= 4 is 22.8 Å². The second-order valence-corrected chi connectivity index (χ2v) is 5.26. The van der Waals surface area contributed by atoms with Gasteiger partial charge in [-0.05, 0) is 31.2 Å². The molecular formula is C17H15N3O3. The molecule has 0 radical (unpaired) electrons. The van der Waals surface area contributed by atoms with Crippen LogP contribution in [0.1, 0.15) is 32.0 Å². The minimum absolute atomic E-state index is 0.0945. The second kappa shape index (κ2) is 5.92. The number of carboxylic acids is 1. The number of fused-ring (bicyclic) bond motifs is 1. The summed E-state index contributed by atoms with van der Waals surface area (Å²) >= 11 is 0. The van der Waals surface area contributed by atoms with Gasteiger partial charge in [-0.3, -0.25) is 9.78 Å². The predicted molar refractivity (Wildman–Crippen MR) is 85.4 cm³/mol. The van der Waals surface area contributed by atoms with E-state index in [4.69, 9.17) is 0 Å². The number of aromatic nitrogens is 2. The number of pyridine rings is 1. The molecule has 0 bridgehead atoms. The van der Waals surface area contributed by atoms with E-state index in [1.165, 1.54) is 6.20 Å². The summed E-state index contributed by atoms with van der Waals surface area (Å²) in [6, 6.07) is 8.97. The highest BCUT2D eigenvalue weighted by atomic mass is 16.4. The fourth-order valence-corrected chi connectivity index (χ4v) is 2.50. The molecule has 0 saturated heterocycles. The van der Waals surface area contributed by atoms with Gasteiger partial charge in [-0.25, -0.2) is 4.79 Å². The summed E-state index contributed by atoms with van der Waals surface area (Å²) in [7, 11) is 0. The number of nitrogens with zero attached hydrogens (tertiary/aromatic N) is 1. The molecule has 6 heteroatoms. The van der Waals surface area contributed by atoms with Crippen molar-refractivity contribution in [3.63, 3.8) is 0 Å². The molecule has 1 aromatic carbocycles. The van der Waals surface area contributed by atoms with Gasteiger partial charge in [-0.15, -0.1) is 0 Å². The number of aromatic carboxylic acids is 1. The van der Waals surface area contributed by atoms with Crippen molar-refractivity contribution in [1.29, 1.82) is 0 Å². The number of hydrogen-bond acceptors (Lipinski definition) is 3. The number of benzene rings is 1. The van der Waals surface area contributed by atoms with Crippen LogP contribution in [0.5, 0.6) is 0 Å². The first-order chi connectivity index (χ1) is 11.1. The monoisotopic (exact) mass is 309 g/mol. The standard InChI is InChI=1S/C17H15N3O3/c1-10-4-5-14-12(7-10)13(15(20-14)17(22)23)9-19-16(21)11-3-2-6-18-8-11/h2-8,20H,9H2,1H3,(H,19,21)(H,22,23). The third kappa shape index (κ3) is 2.91. The lowest BCUT2D eigenvalue weighted by atomic mass is 10.1. The van der Waals surface area contributed by atoms with Gasteiger partial charge in [-0.2, -0.15) is 0 Å². The lowest BCUT2D eigenvalue weighted by molar-refractivity contribution is 0.0689. The van der Waals surface area contributed by atoms with Crippen molar-refractivity contribution in [2.75, 3.05) is 0 Å². The lowest BCUT2D eigenvalue weighted by Gasteiger charge is -2.06. The molecule has 0 fully saturated rings. The van der Waals surface area contributed by atoms with E-state index in [9.17, 15) is 14.7 Å². The van der Waals surface area contributed by atoms with E-state index in [1.807, 2.05) is 25.1 Å². The number of nitrogens with one attached hydrogen (secondary N) is 2. The Morgan fingerprint density at radius 2 is 2.13 bits per heavy atom. The van der Waals surface area contributed by atoms with Gasteiger partial charge in [-0.1, -0.05) is 11.6 Å². The summed E-state index contributed by atoms with van der Waals surface area (Å²) in [6.07, 6.45) is 3.05. The number of H-pyrrole nitrogens is 1. The molecular weight excluding hydrogens is 294 g/mol. The molecule has 6 nitrogen and oxygen atoms in total. The van der Waals surface area contributed by atoms with E-state index in [-0.39, 0.29) is 18.1 Å². The average molecular weight is 309 g/mol. The Morgan fingerprint density at radius 1 is 1.30 bits per heavy atom. The first kappa shape index (κ1) is 14.8. The number of amides is 1. The van der Waals surface area contributed by atoms with Crippen molar-refractivity contribution in [2.24, 2.45) is 0 Å². The number of hydrogen-bond donors (Lipinski definition) is 3. The first-order valence-electron chi connectivity index (χ1n) is 7.09. The third-order valence-electron chi connectivity index (χ3n) is 3.62. The van der Waals surface area contributed by atoms with Crippen LogP contribution in [0, 0.1) is 6.92 Å². The molecule has 3 N–H and O–H groups in total. The number of carboxylic acid groups (broad SMARTS) is 1. The molecule has 3 aromatic rings. The molecule has 2 heterocycles. The van der Waals surface area contributed by atoms with Crippen molar-refractivity contribution in [2.45, 2.75) is 13.5 Å². The second-order valence-electron chi connectivity index (χ2n) is 5.26. The Labute approximate surface area is 132 Å². The van der Waals surface area contributed by atoms with Crippen molar-refractivity contribution in [3.05, 3.63) is 65.1 Å². The SMILES string of the molecule is Cc1ccc2[nH]c(C(=O)O)c(CNC(=O)c3cccnc3)c2c1. The summed E-state index contributed by atoms with van der Waals surface area (Å²) in [5.74, 6) is -1.35. The van der Waals surface area contributed by atoms with Gasteiger partial charge < -0.3 is 15.4 Å². The average Bonchev–Trinajstić information content (AvgIpc) is 2.91. The topological polar surface area (TPSA) is 95.1 Å². The largest absolute Gasteiger partial charge is 0.477 e. The Morgan fingerprint density at radius 3 is 2.83 bits per heavy atom.